The fourth-order valence-electron chi connectivity index (χ4n) is 7.02. The highest BCUT2D eigenvalue weighted by molar-refractivity contribution is 5.98. The number of carbonyl (C=O) groups excluding carboxylic acids is 1. The third-order valence-corrected chi connectivity index (χ3v) is 7.95. The van der Waals surface area contributed by atoms with Crippen LogP contribution in [0.25, 0.3) is 21.9 Å². The molecule has 1 amide bonds. The number of aromatic nitrogens is 1. The van der Waals surface area contributed by atoms with E-state index < -0.39 is 0 Å². The van der Waals surface area contributed by atoms with Crippen LogP contribution in [0.4, 0.5) is 0 Å². The van der Waals surface area contributed by atoms with Crippen LogP contribution in [0, 0.1) is 23.2 Å². The number of amides is 1. The molecule has 1 heterocycles. The van der Waals surface area contributed by atoms with Crippen molar-refractivity contribution in [2.45, 2.75) is 45.1 Å². The number of benzene rings is 2. The summed E-state index contributed by atoms with van der Waals surface area (Å²) in [6.45, 7) is 0.581. The Morgan fingerprint density at radius 1 is 0.900 bits per heavy atom. The van der Waals surface area contributed by atoms with Gasteiger partial charge in [0.05, 0.1) is 0 Å². The van der Waals surface area contributed by atoms with Crippen LogP contribution >= 0.6 is 0 Å². The highest BCUT2D eigenvalue weighted by Crippen LogP contribution is 2.60. The van der Waals surface area contributed by atoms with Gasteiger partial charge in [0.15, 0.2) is 0 Å². The Hall–Kier alpha value is -2.68. The second-order valence-corrected chi connectivity index (χ2v) is 9.94. The second kappa shape index (κ2) is 6.94. The first-order chi connectivity index (χ1) is 14.7. The molecular formula is C27H28N2O. The smallest absolute Gasteiger partial charge is 0.226 e. The van der Waals surface area contributed by atoms with Gasteiger partial charge >= 0.3 is 0 Å². The molecule has 0 unspecified atom stereocenters. The number of rotatable bonds is 4. The Labute approximate surface area is 177 Å². The molecular weight excluding hydrogens is 368 g/mol. The Bertz CT molecular complexity index is 1070. The molecule has 0 radical (unpaired) electrons. The minimum Gasteiger partial charge on any atom is -0.352 e. The zero-order valence-corrected chi connectivity index (χ0v) is 17.3. The van der Waals surface area contributed by atoms with Crippen molar-refractivity contribution in [1.82, 2.24) is 10.3 Å². The summed E-state index contributed by atoms with van der Waals surface area (Å²) in [5.41, 5.74) is 3.48. The van der Waals surface area contributed by atoms with E-state index >= 15 is 0 Å². The number of hydrogen-bond donors (Lipinski definition) is 1. The van der Waals surface area contributed by atoms with E-state index in [1.54, 1.807) is 0 Å². The maximum atomic E-state index is 13.4. The third kappa shape index (κ3) is 2.94. The standard InChI is InChI=1S/C27H28N2O/c30-26(27-13-18-10-19(14-27)12-20(11-18)15-27)29-16-22-6-7-23(21-4-2-1-3-5-21)24-8-9-28-17-25(22)24/h1-9,17-20H,10-16H2,(H,29,30). The molecule has 4 bridgehead atoms. The molecule has 0 atom stereocenters. The second-order valence-electron chi connectivity index (χ2n) is 9.94. The normalized spacial score (nSPS) is 29.3. The summed E-state index contributed by atoms with van der Waals surface area (Å²) in [7, 11) is 0. The lowest BCUT2D eigenvalue weighted by molar-refractivity contribution is -0.146. The first kappa shape index (κ1) is 18.1. The molecule has 3 heteroatoms. The summed E-state index contributed by atoms with van der Waals surface area (Å²) in [5, 5.41) is 5.66. The molecule has 1 aromatic heterocycles. The number of carbonyl (C=O) groups is 1. The van der Waals surface area contributed by atoms with E-state index in [4.69, 9.17) is 0 Å². The quantitative estimate of drug-likeness (QED) is 0.611. The highest BCUT2D eigenvalue weighted by Gasteiger charge is 2.54. The van der Waals surface area contributed by atoms with E-state index in [9.17, 15) is 4.79 Å². The number of fused-ring (bicyclic) bond motifs is 1. The van der Waals surface area contributed by atoms with E-state index in [1.165, 1.54) is 35.8 Å². The summed E-state index contributed by atoms with van der Waals surface area (Å²) >= 11 is 0. The van der Waals surface area contributed by atoms with Gasteiger partial charge in [-0.25, -0.2) is 0 Å². The lowest BCUT2D eigenvalue weighted by atomic mass is 9.49. The van der Waals surface area contributed by atoms with E-state index in [0.717, 1.165) is 48.0 Å². The molecule has 1 N–H and O–H groups in total. The Kier molecular flexibility index (Phi) is 4.19. The van der Waals surface area contributed by atoms with Gasteiger partial charge in [0, 0.05) is 29.7 Å². The van der Waals surface area contributed by atoms with Crippen molar-refractivity contribution < 1.29 is 4.79 Å². The molecule has 4 fully saturated rings. The summed E-state index contributed by atoms with van der Waals surface area (Å²) in [5.74, 6) is 2.66. The molecule has 30 heavy (non-hydrogen) atoms. The maximum absolute atomic E-state index is 13.4. The van der Waals surface area contributed by atoms with Crippen molar-refractivity contribution in [2.75, 3.05) is 0 Å². The molecule has 0 spiro atoms. The van der Waals surface area contributed by atoms with Crippen molar-refractivity contribution in [3.8, 4) is 11.1 Å². The number of hydrogen-bond acceptors (Lipinski definition) is 2. The predicted molar refractivity (Wildman–Crippen MR) is 120 cm³/mol. The fourth-order valence-corrected chi connectivity index (χ4v) is 7.02. The molecule has 3 nitrogen and oxygen atoms in total. The molecule has 2 aromatic carbocycles. The molecule has 0 aliphatic heterocycles. The van der Waals surface area contributed by atoms with Crippen molar-refractivity contribution in [3.05, 3.63) is 66.5 Å². The maximum Gasteiger partial charge on any atom is 0.226 e. The summed E-state index contributed by atoms with van der Waals surface area (Å²) in [4.78, 5) is 17.7. The summed E-state index contributed by atoms with van der Waals surface area (Å²) in [6.07, 6.45) is 11.2. The minimum absolute atomic E-state index is 0.0905. The molecule has 152 valence electrons. The zero-order chi connectivity index (χ0) is 20.1. The lowest BCUT2D eigenvalue weighted by Gasteiger charge is -2.55. The lowest BCUT2D eigenvalue weighted by Crippen LogP contribution is -2.53. The first-order valence-electron chi connectivity index (χ1n) is 11.4. The van der Waals surface area contributed by atoms with Crippen LogP contribution in [0.1, 0.15) is 44.1 Å². The zero-order valence-electron chi connectivity index (χ0n) is 17.3. The fraction of sp³-hybridized carbons (Fsp3) is 0.407. The summed E-state index contributed by atoms with van der Waals surface area (Å²) in [6, 6.07) is 16.9. The SMILES string of the molecule is O=C(NCc1ccc(-c2ccccc2)c2ccncc12)C12CC3CC(CC(C3)C1)C2. The van der Waals surface area contributed by atoms with E-state index in [-0.39, 0.29) is 5.41 Å². The highest BCUT2D eigenvalue weighted by atomic mass is 16.2. The Morgan fingerprint density at radius 3 is 2.30 bits per heavy atom. The first-order valence-corrected chi connectivity index (χ1v) is 11.4. The van der Waals surface area contributed by atoms with Gasteiger partial charge in [-0.1, -0.05) is 42.5 Å². The number of pyridine rings is 1. The predicted octanol–water partition coefficient (Wildman–Crippen LogP) is 5.73. The van der Waals surface area contributed by atoms with E-state index in [0.29, 0.717) is 12.5 Å². The van der Waals surface area contributed by atoms with Gasteiger partial charge in [-0.05, 0) is 84.4 Å². The van der Waals surface area contributed by atoms with Gasteiger partial charge in [-0.3, -0.25) is 9.78 Å². The van der Waals surface area contributed by atoms with Gasteiger partial charge in [0.25, 0.3) is 0 Å². The van der Waals surface area contributed by atoms with Gasteiger partial charge in [-0.2, -0.15) is 0 Å². The van der Waals surface area contributed by atoms with Gasteiger partial charge in [-0.15, -0.1) is 0 Å². The van der Waals surface area contributed by atoms with Crippen LogP contribution in [0.2, 0.25) is 0 Å². The molecule has 4 saturated carbocycles. The van der Waals surface area contributed by atoms with Crippen LogP contribution < -0.4 is 5.32 Å². The average Bonchev–Trinajstić information content (AvgIpc) is 2.77. The van der Waals surface area contributed by atoms with Gasteiger partial charge < -0.3 is 5.32 Å². The van der Waals surface area contributed by atoms with Crippen molar-refractivity contribution in [3.63, 3.8) is 0 Å². The summed E-state index contributed by atoms with van der Waals surface area (Å²) < 4.78 is 0. The van der Waals surface area contributed by atoms with Gasteiger partial charge in [0.1, 0.15) is 0 Å². The average molecular weight is 397 g/mol. The van der Waals surface area contributed by atoms with Crippen LogP contribution in [0.3, 0.4) is 0 Å². The van der Waals surface area contributed by atoms with Crippen LogP contribution in [0.15, 0.2) is 60.9 Å². The monoisotopic (exact) mass is 396 g/mol. The molecule has 4 aliphatic carbocycles. The Balaban J connectivity index is 1.27. The molecule has 7 rings (SSSR count). The van der Waals surface area contributed by atoms with Crippen molar-refractivity contribution in [2.24, 2.45) is 23.2 Å². The van der Waals surface area contributed by atoms with Crippen molar-refractivity contribution >= 4 is 16.7 Å². The number of nitrogens with one attached hydrogen (secondary N) is 1. The van der Waals surface area contributed by atoms with Crippen LogP contribution in [0.5, 0.6) is 0 Å². The molecule has 4 aliphatic rings. The molecule has 0 saturated heterocycles. The van der Waals surface area contributed by atoms with E-state index in [1.807, 2.05) is 18.5 Å². The van der Waals surface area contributed by atoms with Crippen LogP contribution in [-0.2, 0) is 11.3 Å². The third-order valence-electron chi connectivity index (χ3n) is 7.95. The van der Waals surface area contributed by atoms with E-state index in [2.05, 4.69) is 52.8 Å². The Morgan fingerprint density at radius 2 is 1.60 bits per heavy atom. The van der Waals surface area contributed by atoms with Gasteiger partial charge in [0.2, 0.25) is 5.91 Å². The molecule has 3 aromatic rings. The largest absolute Gasteiger partial charge is 0.352 e. The minimum atomic E-state index is -0.0905. The number of nitrogens with zero attached hydrogens (tertiary/aromatic N) is 1. The van der Waals surface area contributed by atoms with Crippen LogP contribution in [-0.4, -0.2) is 10.9 Å². The topological polar surface area (TPSA) is 42.0 Å². The van der Waals surface area contributed by atoms with Crippen molar-refractivity contribution in [1.29, 1.82) is 0 Å².